The van der Waals surface area contributed by atoms with E-state index in [2.05, 4.69) is 223 Å². The maximum Gasteiger partial charge on any atom is 0.164 e. The molecule has 0 amide bonds. The fraction of sp³-hybridized carbons (Fsp3) is 0.0317. The third-order valence-electron chi connectivity index (χ3n) is 13.4. The molecule has 1 aliphatic rings. The number of nitrogens with zero attached hydrogens (tertiary/aromatic N) is 4. The van der Waals surface area contributed by atoms with Crippen molar-refractivity contribution < 1.29 is 4.42 Å². The lowest BCUT2D eigenvalue weighted by Crippen LogP contribution is -2.28. The summed E-state index contributed by atoms with van der Waals surface area (Å²) >= 11 is 0. The van der Waals surface area contributed by atoms with Gasteiger partial charge in [-0.2, -0.15) is 0 Å². The summed E-state index contributed by atoms with van der Waals surface area (Å²) in [5.41, 5.74) is 17.2. The van der Waals surface area contributed by atoms with Crippen LogP contribution in [0.15, 0.2) is 229 Å². The molecule has 320 valence electrons. The van der Waals surface area contributed by atoms with E-state index >= 15 is 0 Å². The van der Waals surface area contributed by atoms with Crippen molar-refractivity contribution in [3.63, 3.8) is 0 Å². The molecule has 13 rings (SSSR count). The largest absolute Gasteiger partial charge is 0.456 e. The molecule has 12 aromatic rings. The minimum Gasteiger partial charge on any atom is -0.456 e. The van der Waals surface area contributed by atoms with Gasteiger partial charge in [-0.25, -0.2) is 15.0 Å². The molecule has 0 aliphatic heterocycles. The Morgan fingerprint density at radius 2 is 0.853 bits per heavy atom. The predicted octanol–water partition coefficient (Wildman–Crippen LogP) is 14.5. The molecule has 0 fully saturated rings. The first-order valence-electron chi connectivity index (χ1n) is 23.2. The number of furan rings is 1. The van der Waals surface area contributed by atoms with Gasteiger partial charge in [0.15, 0.2) is 17.5 Å². The molecule has 0 atom stereocenters. The molecule has 0 radical (unpaired) electrons. The van der Waals surface area contributed by atoms with Crippen molar-refractivity contribution in [2.75, 3.05) is 0 Å². The molecule has 5 heteroatoms. The van der Waals surface area contributed by atoms with Crippen LogP contribution < -0.4 is 10.6 Å². The van der Waals surface area contributed by atoms with E-state index in [0.717, 1.165) is 107 Å². The number of hydrogen-bond donors (Lipinski definition) is 0. The molecule has 1 aliphatic carbocycles. The van der Waals surface area contributed by atoms with Gasteiger partial charge in [-0.15, -0.1) is 0 Å². The summed E-state index contributed by atoms with van der Waals surface area (Å²) < 4.78 is 9.28. The Bertz CT molecular complexity index is 3870. The number of rotatable bonds is 8. The highest BCUT2D eigenvalue weighted by Crippen LogP contribution is 2.38. The van der Waals surface area contributed by atoms with Crippen LogP contribution in [0.1, 0.15) is 18.7 Å². The van der Waals surface area contributed by atoms with Gasteiger partial charge in [0.2, 0.25) is 0 Å². The Labute approximate surface area is 393 Å². The SMILES string of the molecule is C1=c2oc3ccc4c5ccccc5n(-c5cccc(-c6ccc(-c7ccccc7)cc6)c5)c4c3c2=C(c2nc(-c3ccc(-c4ccccc4)cc3)nc(-c3ccc(-c4ccccc4)cc3)n2)CC1. The smallest absolute Gasteiger partial charge is 0.164 e. The van der Waals surface area contributed by atoms with Crippen LogP contribution in [-0.4, -0.2) is 19.5 Å². The van der Waals surface area contributed by atoms with Gasteiger partial charge in [-0.3, -0.25) is 0 Å². The van der Waals surface area contributed by atoms with Crippen LogP contribution in [0.5, 0.6) is 0 Å². The average Bonchev–Trinajstić information content (AvgIpc) is 3.98. The first kappa shape index (κ1) is 39.4. The van der Waals surface area contributed by atoms with Crippen LogP contribution in [0.25, 0.3) is 117 Å². The summed E-state index contributed by atoms with van der Waals surface area (Å²) in [6.45, 7) is 0. The van der Waals surface area contributed by atoms with Crippen molar-refractivity contribution in [1.29, 1.82) is 0 Å². The molecule has 3 aromatic heterocycles. The van der Waals surface area contributed by atoms with Gasteiger partial charge in [0, 0.05) is 38.4 Å². The predicted molar refractivity (Wildman–Crippen MR) is 278 cm³/mol. The van der Waals surface area contributed by atoms with Crippen LogP contribution in [-0.2, 0) is 0 Å². The van der Waals surface area contributed by atoms with Gasteiger partial charge < -0.3 is 8.98 Å². The van der Waals surface area contributed by atoms with Crippen LogP contribution in [0.4, 0.5) is 0 Å². The topological polar surface area (TPSA) is 56.7 Å². The zero-order chi connectivity index (χ0) is 45.0. The van der Waals surface area contributed by atoms with Crippen molar-refractivity contribution in [1.82, 2.24) is 19.5 Å². The molecular formula is C63H42N4O. The molecule has 0 spiro atoms. The second-order valence-corrected chi connectivity index (χ2v) is 17.4. The Morgan fingerprint density at radius 3 is 1.43 bits per heavy atom. The Morgan fingerprint density at radius 1 is 0.382 bits per heavy atom. The van der Waals surface area contributed by atoms with E-state index in [9.17, 15) is 0 Å². The van der Waals surface area contributed by atoms with Crippen LogP contribution >= 0.6 is 0 Å². The van der Waals surface area contributed by atoms with E-state index in [1.807, 2.05) is 12.1 Å². The molecule has 0 saturated carbocycles. The monoisotopic (exact) mass is 870 g/mol. The molecule has 5 nitrogen and oxygen atoms in total. The minimum absolute atomic E-state index is 0.626. The second kappa shape index (κ2) is 16.5. The van der Waals surface area contributed by atoms with Crippen LogP contribution in [0, 0.1) is 0 Å². The molecule has 9 aromatic carbocycles. The number of hydrogen-bond acceptors (Lipinski definition) is 4. The Balaban J connectivity index is 1.02. The van der Waals surface area contributed by atoms with Gasteiger partial charge in [0.1, 0.15) is 11.0 Å². The van der Waals surface area contributed by atoms with E-state index in [1.165, 1.54) is 16.5 Å². The fourth-order valence-corrected chi connectivity index (χ4v) is 10.0. The summed E-state index contributed by atoms with van der Waals surface area (Å²) in [7, 11) is 0. The van der Waals surface area contributed by atoms with Crippen molar-refractivity contribution in [2.45, 2.75) is 12.8 Å². The summed E-state index contributed by atoms with van der Waals surface area (Å²) in [5.74, 6) is 1.91. The third-order valence-corrected chi connectivity index (χ3v) is 13.4. The Hall–Kier alpha value is -8.93. The summed E-state index contributed by atoms with van der Waals surface area (Å²) in [4.78, 5) is 15.9. The standard InChI is InChI=1S/C63H42N4O/c1-4-14-41(15-5-1)44-26-28-47(29-27-44)50-20-12-21-51(40-50)67-55-24-11-10-22-52(55)53-38-39-57-59(60(53)67)58-54(23-13-25-56(58)68-57)63-65-61(48-34-30-45(31-35-48)42-16-6-2-7-17-42)64-62(66-63)49-36-32-46(33-37-49)43-18-8-3-9-19-43/h1-12,14-22,24-40H,13,23H2. The van der Waals surface area contributed by atoms with E-state index in [4.69, 9.17) is 19.4 Å². The van der Waals surface area contributed by atoms with Gasteiger partial charge >= 0.3 is 0 Å². The second-order valence-electron chi connectivity index (χ2n) is 17.4. The van der Waals surface area contributed by atoms with Crippen molar-refractivity contribution in [2.24, 2.45) is 0 Å². The normalized spacial score (nSPS) is 12.4. The molecule has 3 heterocycles. The van der Waals surface area contributed by atoms with Crippen molar-refractivity contribution in [3.8, 4) is 73.0 Å². The molecule has 68 heavy (non-hydrogen) atoms. The number of para-hydroxylation sites is 1. The summed E-state index contributed by atoms with van der Waals surface area (Å²) in [5, 5.41) is 4.44. The summed E-state index contributed by atoms with van der Waals surface area (Å²) in [6.07, 6.45) is 3.77. The average molecular weight is 871 g/mol. The van der Waals surface area contributed by atoms with E-state index < -0.39 is 0 Å². The number of fused-ring (bicyclic) bond motifs is 7. The highest BCUT2D eigenvalue weighted by Gasteiger charge is 2.24. The van der Waals surface area contributed by atoms with Gasteiger partial charge in [-0.05, 0) is 93.8 Å². The lowest BCUT2D eigenvalue weighted by molar-refractivity contribution is 0.571. The highest BCUT2D eigenvalue weighted by atomic mass is 16.3. The van der Waals surface area contributed by atoms with E-state index in [0.29, 0.717) is 17.5 Å². The zero-order valence-corrected chi connectivity index (χ0v) is 37.1. The van der Waals surface area contributed by atoms with E-state index in [1.54, 1.807) is 0 Å². The molecule has 0 unspecified atom stereocenters. The lowest BCUT2D eigenvalue weighted by atomic mass is 9.98. The first-order chi connectivity index (χ1) is 33.7. The zero-order valence-electron chi connectivity index (χ0n) is 37.1. The third kappa shape index (κ3) is 6.92. The summed E-state index contributed by atoms with van der Waals surface area (Å²) in [6, 6.07) is 79.3. The van der Waals surface area contributed by atoms with Crippen molar-refractivity contribution in [3.05, 3.63) is 241 Å². The number of aromatic nitrogens is 4. The molecular weight excluding hydrogens is 829 g/mol. The molecule has 0 N–H and O–H groups in total. The van der Waals surface area contributed by atoms with Gasteiger partial charge in [0.05, 0.1) is 16.4 Å². The quantitative estimate of drug-likeness (QED) is 0.153. The highest BCUT2D eigenvalue weighted by molar-refractivity contribution is 6.18. The van der Waals surface area contributed by atoms with E-state index in [-0.39, 0.29) is 0 Å². The van der Waals surface area contributed by atoms with Crippen LogP contribution in [0.3, 0.4) is 0 Å². The molecule has 0 saturated heterocycles. The van der Waals surface area contributed by atoms with Gasteiger partial charge in [-0.1, -0.05) is 194 Å². The van der Waals surface area contributed by atoms with Crippen molar-refractivity contribution >= 4 is 44.4 Å². The van der Waals surface area contributed by atoms with Crippen LogP contribution in [0.2, 0.25) is 0 Å². The first-order valence-corrected chi connectivity index (χ1v) is 23.2. The maximum absolute atomic E-state index is 6.86. The van der Waals surface area contributed by atoms with Gasteiger partial charge in [0.25, 0.3) is 0 Å². The fourth-order valence-electron chi connectivity index (χ4n) is 10.0. The number of benzene rings is 9. The Kier molecular flexibility index (Phi) is 9.57. The maximum atomic E-state index is 6.86. The lowest BCUT2D eigenvalue weighted by Gasteiger charge is -2.13. The molecule has 0 bridgehead atoms. The minimum atomic E-state index is 0.626.